The maximum atomic E-state index is 14.5. The van der Waals surface area contributed by atoms with Crippen LogP contribution in [0, 0.1) is 5.82 Å². The SMILES string of the molecule is CCc1nc(C(N)=O)c(Nc2cc(F)cc(CCNC(=O)C(C)N(C)C(=O)C=CCN(C)C)c2)nc1N(C)C. The van der Waals surface area contributed by atoms with Crippen molar-refractivity contribution in [3.05, 3.63) is 53.1 Å². The molecule has 0 fully saturated rings. The van der Waals surface area contributed by atoms with E-state index >= 15 is 0 Å². The number of nitrogens with zero attached hydrogens (tertiary/aromatic N) is 5. The van der Waals surface area contributed by atoms with Crippen molar-refractivity contribution in [3.8, 4) is 0 Å². The second-order valence-electron chi connectivity index (χ2n) is 9.61. The first-order valence-electron chi connectivity index (χ1n) is 12.6. The van der Waals surface area contributed by atoms with Gasteiger partial charge < -0.3 is 31.1 Å². The van der Waals surface area contributed by atoms with E-state index in [0.29, 0.717) is 42.1 Å². The molecule has 1 aromatic heterocycles. The van der Waals surface area contributed by atoms with E-state index in [1.165, 1.54) is 23.1 Å². The standard InChI is InChI=1S/C27H39FN8O3/c1-8-21-26(35(5)6)33-25(23(32-21)24(29)38)31-20-15-18(14-19(28)16-20)11-12-30-27(39)17(2)36(7)22(37)10-9-13-34(3)4/h9-10,14-17H,8,11-13H2,1-7H3,(H2,29,38)(H,30,39)(H,31,33). The lowest BCUT2D eigenvalue weighted by Crippen LogP contribution is -2.45. The van der Waals surface area contributed by atoms with Gasteiger partial charge in [-0.2, -0.15) is 0 Å². The van der Waals surface area contributed by atoms with Crippen molar-refractivity contribution in [3.63, 3.8) is 0 Å². The minimum Gasteiger partial charge on any atom is -0.364 e. The van der Waals surface area contributed by atoms with Crippen LogP contribution >= 0.6 is 0 Å². The molecule has 1 unspecified atom stereocenters. The fourth-order valence-corrected chi connectivity index (χ4v) is 3.65. The van der Waals surface area contributed by atoms with Gasteiger partial charge in [-0.25, -0.2) is 14.4 Å². The van der Waals surface area contributed by atoms with E-state index in [2.05, 4.69) is 20.6 Å². The lowest BCUT2D eigenvalue weighted by Gasteiger charge is -2.23. The largest absolute Gasteiger partial charge is 0.364 e. The molecule has 0 bridgehead atoms. The molecule has 39 heavy (non-hydrogen) atoms. The Morgan fingerprint density at radius 2 is 1.79 bits per heavy atom. The van der Waals surface area contributed by atoms with Crippen LogP contribution < -0.4 is 21.3 Å². The zero-order valence-electron chi connectivity index (χ0n) is 23.7. The minimum absolute atomic E-state index is 0.0419. The van der Waals surface area contributed by atoms with Gasteiger partial charge in [-0.1, -0.05) is 13.0 Å². The number of hydrogen-bond acceptors (Lipinski definition) is 8. The topological polar surface area (TPSA) is 137 Å². The second-order valence-corrected chi connectivity index (χ2v) is 9.61. The van der Waals surface area contributed by atoms with Gasteiger partial charge in [0.2, 0.25) is 11.8 Å². The Bertz CT molecular complexity index is 1220. The highest BCUT2D eigenvalue weighted by Gasteiger charge is 2.21. The molecule has 0 radical (unpaired) electrons. The number of benzene rings is 1. The second kappa shape index (κ2) is 14.2. The quantitative estimate of drug-likeness (QED) is 0.326. The third kappa shape index (κ3) is 9.02. The normalized spacial score (nSPS) is 11.9. The van der Waals surface area contributed by atoms with Crippen LogP contribution in [0.3, 0.4) is 0 Å². The molecule has 11 nitrogen and oxygen atoms in total. The van der Waals surface area contributed by atoms with Crippen LogP contribution in [-0.4, -0.2) is 91.9 Å². The Balaban J connectivity index is 2.10. The Morgan fingerprint density at radius 3 is 2.38 bits per heavy atom. The van der Waals surface area contributed by atoms with Crippen molar-refractivity contribution in [1.29, 1.82) is 0 Å². The Kier molecular flexibility index (Phi) is 11.3. The van der Waals surface area contributed by atoms with Crippen molar-refractivity contribution in [2.45, 2.75) is 32.7 Å². The van der Waals surface area contributed by atoms with Gasteiger partial charge in [-0.05, 0) is 57.6 Å². The molecule has 0 aliphatic heterocycles. The van der Waals surface area contributed by atoms with Crippen molar-refractivity contribution >= 4 is 35.0 Å². The van der Waals surface area contributed by atoms with Crippen molar-refractivity contribution in [2.75, 3.05) is 58.5 Å². The van der Waals surface area contributed by atoms with E-state index in [1.807, 2.05) is 40.0 Å². The molecule has 4 N–H and O–H groups in total. The fourth-order valence-electron chi connectivity index (χ4n) is 3.65. The molecule has 0 saturated heterocycles. The van der Waals surface area contributed by atoms with Gasteiger partial charge >= 0.3 is 0 Å². The van der Waals surface area contributed by atoms with Gasteiger partial charge in [0.25, 0.3) is 5.91 Å². The summed E-state index contributed by atoms with van der Waals surface area (Å²) in [6.45, 7) is 4.38. The van der Waals surface area contributed by atoms with E-state index in [-0.39, 0.29) is 29.9 Å². The molecule has 0 aliphatic rings. The molecule has 1 aromatic carbocycles. The first kappa shape index (κ1) is 31.2. The van der Waals surface area contributed by atoms with E-state index < -0.39 is 17.8 Å². The number of primary amides is 1. The fraction of sp³-hybridized carbons (Fsp3) is 0.444. The van der Waals surface area contributed by atoms with Gasteiger partial charge in [0.1, 0.15) is 11.9 Å². The zero-order valence-corrected chi connectivity index (χ0v) is 23.7. The summed E-state index contributed by atoms with van der Waals surface area (Å²) in [5, 5.41) is 5.76. The average Bonchev–Trinajstić information content (AvgIpc) is 2.86. The highest BCUT2D eigenvalue weighted by Crippen LogP contribution is 2.25. The summed E-state index contributed by atoms with van der Waals surface area (Å²) in [5.41, 5.74) is 7.06. The number of nitrogens with two attached hydrogens (primary N) is 1. The number of halogens is 1. The first-order valence-corrected chi connectivity index (χ1v) is 12.6. The number of nitrogens with one attached hydrogen (secondary N) is 2. The summed E-state index contributed by atoms with van der Waals surface area (Å²) in [6, 6.07) is 3.63. The predicted octanol–water partition coefficient (Wildman–Crippen LogP) is 1.71. The minimum atomic E-state index is -0.755. The number of hydrogen-bond donors (Lipinski definition) is 3. The molecule has 12 heteroatoms. The summed E-state index contributed by atoms with van der Waals surface area (Å²) in [6.07, 6.45) is 4.05. The number of amides is 3. The first-order chi connectivity index (χ1) is 18.3. The molecular formula is C27H39FN8O3. The molecule has 0 spiro atoms. The highest BCUT2D eigenvalue weighted by molar-refractivity contribution is 5.96. The smallest absolute Gasteiger partial charge is 0.271 e. The van der Waals surface area contributed by atoms with Crippen LogP contribution in [0.1, 0.15) is 35.6 Å². The Morgan fingerprint density at radius 1 is 1.10 bits per heavy atom. The monoisotopic (exact) mass is 542 g/mol. The highest BCUT2D eigenvalue weighted by atomic mass is 19.1. The number of aromatic nitrogens is 2. The number of carbonyl (C=O) groups excluding carboxylic acids is 3. The van der Waals surface area contributed by atoms with Crippen molar-refractivity contribution < 1.29 is 18.8 Å². The maximum Gasteiger partial charge on any atom is 0.271 e. The Labute approximate surface area is 229 Å². The number of anilines is 3. The van der Waals surface area contributed by atoms with E-state index in [1.54, 1.807) is 31.0 Å². The van der Waals surface area contributed by atoms with Crippen LogP contribution in [0.5, 0.6) is 0 Å². The van der Waals surface area contributed by atoms with Gasteiger partial charge in [0.15, 0.2) is 17.3 Å². The lowest BCUT2D eigenvalue weighted by molar-refractivity contribution is -0.135. The van der Waals surface area contributed by atoms with Crippen LogP contribution in [0.15, 0.2) is 30.4 Å². The number of rotatable bonds is 13. The molecule has 3 amide bonds. The van der Waals surface area contributed by atoms with Gasteiger partial charge in [0, 0.05) is 46.0 Å². The van der Waals surface area contributed by atoms with Gasteiger partial charge in [0.05, 0.1) is 5.69 Å². The molecule has 0 saturated carbocycles. The summed E-state index contributed by atoms with van der Waals surface area (Å²) in [5.74, 6) is -1.17. The van der Waals surface area contributed by atoms with Gasteiger partial charge in [-0.3, -0.25) is 14.4 Å². The van der Waals surface area contributed by atoms with Crippen LogP contribution in [0.2, 0.25) is 0 Å². The molecule has 212 valence electrons. The molecule has 0 aliphatic carbocycles. The third-order valence-corrected chi connectivity index (χ3v) is 5.91. The molecule has 1 heterocycles. The molecule has 2 rings (SSSR count). The van der Waals surface area contributed by atoms with E-state index in [4.69, 9.17) is 5.73 Å². The average molecular weight is 543 g/mol. The van der Waals surface area contributed by atoms with Gasteiger partial charge in [-0.15, -0.1) is 0 Å². The summed E-state index contributed by atoms with van der Waals surface area (Å²) < 4.78 is 14.5. The number of aryl methyl sites for hydroxylation is 1. The molecule has 2 aromatic rings. The third-order valence-electron chi connectivity index (χ3n) is 5.91. The summed E-state index contributed by atoms with van der Waals surface area (Å²) >= 11 is 0. The number of carbonyl (C=O) groups is 3. The van der Waals surface area contributed by atoms with Crippen molar-refractivity contribution in [1.82, 2.24) is 25.1 Å². The lowest BCUT2D eigenvalue weighted by atomic mass is 10.1. The maximum absolute atomic E-state index is 14.5. The summed E-state index contributed by atoms with van der Waals surface area (Å²) in [4.78, 5) is 50.9. The van der Waals surface area contributed by atoms with Crippen LogP contribution in [-0.2, 0) is 22.4 Å². The predicted molar refractivity (Wildman–Crippen MR) is 151 cm³/mol. The molecular weight excluding hydrogens is 503 g/mol. The zero-order chi connectivity index (χ0) is 29.3. The summed E-state index contributed by atoms with van der Waals surface area (Å²) in [7, 11) is 8.96. The van der Waals surface area contributed by atoms with Crippen LogP contribution in [0.25, 0.3) is 0 Å². The van der Waals surface area contributed by atoms with Crippen LogP contribution in [0.4, 0.5) is 21.7 Å². The number of likely N-dealkylation sites (N-methyl/N-ethyl adjacent to an activating group) is 2. The Hall–Kier alpha value is -4.06. The van der Waals surface area contributed by atoms with Crippen molar-refractivity contribution in [2.24, 2.45) is 5.73 Å². The van der Waals surface area contributed by atoms with E-state index in [9.17, 15) is 18.8 Å². The van der Waals surface area contributed by atoms with E-state index in [0.717, 1.165) is 0 Å². The molecule has 1 atom stereocenters.